The fourth-order valence-electron chi connectivity index (χ4n) is 5.52. The van der Waals surface area contributed by atoms with Crippen molar-refractivity contribution < 1.29 is 14.8 Å². The molecule has 0 spiro atoms. The van der Waals surface area contributed by atoms with Gasteiger partial charge in [-0.1, -0.05) is 56.3 Å². The fourth-order valence-corrected chi connectivity index (χ4v) is 5.52. The first-order valence-corrected chi connectivity index (χ1v) is 12.2. The third kappa shape index (κ3) is 4.71. The second kappa shape index (κ2) is 8.87. The van der Waals surface area contributed by atoms with Crippen LogP contribution in [-0.2, 0) is 16.8 Å². The lowest BCUT2D eigenvalue weighted by atomic mass is 9.75. The summed E-state index contributed by atoms with van der Waals surface area (Å²) in [5.41, 5.74) is 4.07. The number of carbonyl (C=O) groups is 1. The standard InChI is InChI=1S/C27H33N5O2/c1-27(2,3)20-9-7-18(8-10-20)25-17-32(30-29-25)15-22-13-19-11-12-31(22)16-24(19)26(34)28-21-5-4-6-23(33)14-21/h4-10,14,17,19,22,24,33H,11-13,15-16H2,1-3H3,(H,28,34)/p+1/t19-,22+,24-/m0/s1. The summed E-state index contributed by atoms with van der Waals surface area (Å²) in [6, 6.07) is 15.8. The third-order valence-electron chi connectivity index (χ3n) is 7.50. The minimum atomic E-state index is 0.00925. The number of benzene rings is 2. The average Bonchev–Trinajstić information content (AvgIpc) is 3.27. The molecular weight excluding hydrogens is 426 g/mol. The smallest absolute Gasteiger partial charge is 0.233 e. The highest BCUT2D eigenvalue weighted by Gasteiger charge is 2.46. The van der Waals surface area contributed by atoms with Crippen molar-refractivity contribution >= 4 is 11.6 Å². The molecule has 3 N–H and O–H groups in total. The molecule has 3 saturated heterocycles. The van der Waals surface area contributed by atoms with Crippen LogP contribution in [0.5, 0.6) is 5.75 Å². The van der Waals surface area contributed by atoms with Crippen molar-refractivity contribution in [1.82, 2.24) is 15.0 Å². The molecular formula is C27H34N5O2+. The Balaban J connectivity index is 1.21. The van der Waals surface area contributed by atoms with Gasteiger partial charge in [0, 0.05) is 30.2 Å². The van der Waals surface area contributed by atoms with Crippen LogP contribution in [0.4, 0.5) is 5.69 Å². The molecule has 178 valence electrons. The van der Waals surface area contributed by atoms with E-state index in [1.54, 1.807) is 18.2 Å². The van der Waals surface area contributed by atoms with Gasteiger partial charge >= 0.3 is 0 Å². The van der Waals surface area contributed by atoms with E-state index in [1.165, 1.54) is 10.5 Å². The van der Waals surface area contributed by atoms with Crippen molar-refractivity contribution in [3.63, 3.8) is 0 Å². The van der Waals surface area contributed by atoms with E-state index >= 15 is 0 Å². The topological polar surface area (TPSA) is 84.5 Å². The Kier molecular flexibility index (Phi) is 5.90. The molecule has 3 fully saturated rings. The van der Waals surface area contributed by atoms with Crippen LogP contribution in [0.3, 0.4) is 0 Å². The average molecular weight is 461 g/mol. The zero-order chi connectivity index (χ0) is 23.9. The van der Waals surface area contributed by atoms with E-state index in [4.69, 9.17) is 0 Å². The molecule has 7 heteroatoms. The van der Waals surface area contributed by atoms with Crippen molar-refractivity contribution in [1.29, 1.82) is 0 Å². The first-order valence-electron chi connectivity index (χ1n) is 12.2. The maximum atomic E-state index is 12.9. The monoisotopic (exact) mass is 460 g/mol. The fraction of sp³-hybridized carbons (Fsp3) is 0.444. The summed E-state index contributed by atoms with van der Waals surface area (Å²) in [7, 11) is 0. The third-order valence-corrected chi connectivity index (χ3v) is 7.50. The first-order chi connectivity index (χ1) is 16.3. The lowest BCUT2D eigenvalue weighted by molar-refractivity contribution is -0.945. The van der Waals surface area contributed by atoms with Gasteiger partial charge in [-0.2, -0.15) is 0 Å². The molecule has 4 atom stereocenters. The second-order valence-electron chi connectivity index (χ2n) is 10.9. The summed E-state index contributed by atoms with van der Waals surface area (Å²) in [4.78, 5) is 14.4. The highest BCUT2D eigenvalue weighted by molar-refractivity contribution is 5.93. The molecule has 1 aromatic heterocycles. The molecule has 34 heavy (non-hydrogen) atoms. The van der Waals surface area contributed by atoms with E-state index in [2.05, 4.69) is 60.7 Å². The molecule has 0 radical (unpaired) electrons. The van der Waals surface area contributed by atoms with E-state index in [0.717, 1.165) is 43.7 Å². The van der Waals surface area contributed by atoms with Gasteiger partial charge in [0.15, 0.2) is 0 Å². The summed E-state index contributed by atoms with van der Waals surface area (Å²) in [6.45, 7) is 9.41. The Morgan fingerprint density at radius 3 is 2.68 bits per heavy atom. The molecule has 1 amide bonds. The molecule has 0 aliphatic carbocycles. The quantitative estimate of drug-likeness (QED) is 0.547. The number of fused-ring (bicyclic) bond motifs is 3. The minimum Gasteiger partial charge on any atom is -0.508 e. The van der Waals surface area contributed by atoms with Crippen molar-refractivity contribution in [2.45, 2.75) is 51.6 Å². The van der Waals surface area contributed by atoms with E-state index < -0.39 is 0 Å². The molecule has 3 aliphatic rings. The molecule has 6 rings (SSSR count). The maximum Gasteiger partial charge on any atom is 0.233 e. The number of anilines is 1. The zero-order valence-electron chi connectivity index (χ0n) is 20.2. The minimum absolute atomic E-state index is 0.00925. The van der Waals surface area contributed by atoms with E-state index in [0.29, 0.717) is 17.6 Å². The van der Waals surface area contributed by atoms with Crippen LogP contribution >= 0.6 is 0 Å². The van der Waals surface area contributed by atoms with Crippen LogP contribution < -0.4 is 10.2 Å². The van der Waals surface area contributed by atoms with Gasteiger partial charge in [0.2, 0.25) is 5.91 Å². The zero-order valence-corrected chi connectivity index (χ0v) is 20.2. The van der Waals surface area contributed by atoms with Gasteiger partial charge in [-0.25, -0.2) is 4.68 Å². The van der Waals surface area contributed by atoms with Crippen LogP contribution in [0, 0.1) is 11.8 Å². The number of hydrogen-bond donors (Lipinski definition) is 3. The van der Waals surface area contributed by atoms with Gasteiger partial charge in [-0.3, -0.25) is 4.79 Å². The van der Waals surface area contributed by atoms with Crippen LogP contribution in [-0.4, -0.2) is 45.1 Å². The normalized spacial score (nSPS) is 24.2. The van der Waals surface area contributed by atoms with Crippen molar-refractivity contribution in [2.75, 3.05) is 18.4 Å². The highest BCUT2D eigenvalue weighted by Crippen LogP contribution is 2.29. The van der Waals surface area contributed by atoms with Crippen molar-refractivity contribution in [2.24, 2.45) is 11.8 Å². The number of rotatable bonds is 5. The molecule has 1 unspecified atom stereocenters. The van der Waals surface area contributed by atoms with Gasteiger partial charge < -0.3 is 15.3 Å². The van der Waals surface area contributed by atoms with Crippen LogP contribution in [0.1, 0.15) is 39.2 Å². The van der Waals surface area contributed by atoms with Gasteiger partial charge in [0.25, 0.3) is 0 Å². The number of phenols is 1. The molecule has 0 saturated carbocycles. The Hall–Kier alpha value is -3.19. The summed E-state index contributed by atoms with van der Waals surface area (Å²) in [5.74, 6) is 0.616. The van der Waals surface area contributed by atoms with Gasteiger partial charge in [-0.15, -0.1) is 5.10 Å². The summed E-state index contributed by atoms with van der Waals surface area (Å²) in [6.07, 6.45) is 4.14. The van der Waals surface area contributed by atoms with Crippen LogP contribution in [0.25, 0.3) is 11.3 Å². The lowest BCUT2D eigenvalue weighted by Crippen LogP contribution is -3.20. The number of nitrogens with one attached hydrogen (secondary N) is 2. The molecule has 3 aromatic rings. The number of quaternary nitrogens is 1. The van der Waals surface area contributed by atoms with E-state index in [9.17, 15) is 9.90 Å². The lowest BCUT2D eigenvalue weighted by Gasteiger charge is -2.46. The largest absolute Gasteiger partial charge is 0.508 e. The number of aromatic hydroxyl groups is 1. The predicted octanol–water partition coefficient (Wildman–Crippen LogP) is 2.88. The molecule has 2 bridgehead atoms. The molecule has 7 nitrogen and oxygen atoms in total. The Labute approximate surface area is 200 Å². The van der Waals surface area contributed by atoms with Crippen molar-refractivity contribution in [3.8, 4) is 17.0 Å². The molecule has 3 aliphatic heterocycles. The highest BCUT2D eigenvalue weighted by atomic mass is 16.3. The van der Waals surface area contributed by atoms with Crippen molar-refractivity contribution in [3.05, 3.63) is 60.3 Å². The Morgan fingerprint density at radius 2 is 2.00 bits per heavy atom. The number of nitrogens with zero attached hydrogens (tertiary/aromatic N) is 3. The molecule has 4 heterocycles. The van der Waals surface area contributed by atoms with Crippen LogP contribution in [0.2, 0.25) is 0 Å². The second-order valence-corrected chi connectivity index (χ2v) is 10.9. The number of amides is 1. The van der Waals surface area contributed by atoms with Gasteiger partial charge in [-0.05, 0) is 29.0 Å². The van der Waals surface area contributed by atoms with Gasteiger partial charge in [0.05, 0.1) is 31.7 Å². The van der Waals surface area contributed by atoms with Gasteiger partial charge in [0.1, 0.15) is 17.5 Å². The SMILES string of the molecule is CC(C)(C)c1ccc(-c2cn(C[C@H]3C[C@@H]4CC[NH+]3C[C@@H]4C(=O)Nc3cccc(O)c3)nn2)cc1. The summed E-state index contributed by atoms with van der Waals surface area (Å²) >= 11 is 0. The van der Waals surface area contributed by atoms with E-state index in [-0.39, 0.29) is 23.0 Å². The maximum absolute atomic E-state index is 12.9. The number of aromatic nitrogens is 3. The first kappa shape index (κ1) is 22.6. The van der Waals surface area contributed by atoms with E-state index in [1.807, 2.05) is 16.9 Å². The Morgan fingerprint density at radius 1 is 1.21 bits per heavy atom. The number of piperidine rings is 3. The number of phenolic OH excluding ortho intramolecular Hbond substituents is 1. The number of carbonyl (C=O) groups excluding carboxylic acids is 1. The summed E-state index contributed by atoms with van der Waals surface area (Å²) in [5, 5.41) is 21.5. The van der Waals surface area contributed by atoms with Crippen LogP contribution in [0.15, 0.2) is 54.7 Å². The Bertz CT molecular complexity index is 1160. The summed E-state index contributed by atoms with van der Waals surface area (Å²) < 4.78 is 1.97. The predicted molar refractivity (Wildman–Crippen MR) is 132 cm³/mol. The molecule has 2 aromatic carbocycles. The number of hydrogen-bond acceptors (Lipinski definition) is 4.